The van der Waals surface area contributed by atoms with Crippen molar-refractivity contribution in [3.8, 4) is 5.75 Å². The number of hydrogen-bond donors (Lipinski definition) is 3. The van der Waals surface area contributed by atoms with E-state index in [4.69, 9.17) is 0 Å². The monoisotopic (exact) mass is 574 g/mol. The summed E-state index contributed by atoms with van der Waals surface area (Å²) in [5, 5.41) is 7.73. The molecule has 0 aliphatic rings. The molecule has 0 atom stereocenters. The van der Waals surface area contributed by atoms with E-state index in [1.807, 2.05) is 13.8 Å². The van der Waals surface area contributed by atoms with Crippen LogP contribution in [0.2, 0.25) is 0 Å². The lowest BCUT2D eigenvalue weighted by Gasteiger charge is -2.13. The predicted molar refractivity (Wildman–Crippen MR) is 126 cm³/mol. The van der Waals surface area contributed by atoms with E-state index in [1.54, 1.807) is 23.6 Å². The Bertz CT molecular complexity index is 910. The number of halogens is 3. The van der Waals surface area contributed by atoms with Crippen LogP contribution in [0.15, 0.2) is 44.9 Å². The van der Waals surface area contributed by atoms with Crippen molar-refractivity contribution in [2.24, 2.45) is 4.99 Å². The van der Waals surface area contributed by atoms with Gasteiger partial charge in [-0.25, -0.2) is 18.1 Å². The third kappa shape index (κ3) is 8.70. The van der Waals surface area contributed by atoms with Crippen molar-refractivity contribution in [2.75, 3.05) is 19.6 Å². The summed E-state index contributed by atoms with van der Waals surface area (Å²) in [5.74, 6) is 0.515. The zero-order valence-electron chi connectivity index (χ0n) is 16.5. The summed E-state index contributed by atoms with van der Waals surface area (Å²) in [4.78, 5) is 4.37. The minimum Gasteiger partial charge on any atom is -0.434 e. The third-order valence-electron chi connectivity index (χ3n) is 3.65. The van der Waals surface area contributed by atoms with Gasteiger partial charge in [0, 0.05) is 25.2 Å². The van der Waals surface area contributed by atoms with Crippen LogP contribution in [0.1, 0.15) is 18.1 Å². The summed E-state index contributed by atoms with van der Waals surface area (Å²) in [6.07, 6.45) is 0. The maximum absolute atomic E-state index is 12.6. The summed E-state index contributed by atoms with van der Waals surface area (Å²) in [7, 11) is -3.52. The molecule has 30 heavy (non-hydrogen) atoms. The van der Waals surface area contributed by atoms with Gasteiger partial charge >= 0.3 is 6.61 Å². The molecule has 0 spiro atoms. The van der Waals surface area contributed by atoms with E-state index >= 15 is 0 Å². The predicted octanol–water partition coefficient (Wildman–Crippen LogP) is 3.31. The normalized spacial score (nSPS) is 11.8. The number of nitrogens with one attached hydrogen (secondary N) is 3. The topological polar surface area (TPSA) is 91.8 Å². The van der Waals surface area contributed by atoms with Gasteiger partial charge in [0.2, 0.25) is 10.0 Å². The van der Waals surface area contributed by atoms with Gasteiger partial charge in [-0.1, -0.05) is 23.8 Å². The van der Waals surface area contributed by atoms with E-state index in [-0.39, 0.29) is 47.0 Å². The molecule has 2 aromatic rings. The highest BCUT2D eigenvalue weighted by Gasteiger charge is 2.14. The first-order valence-corrected chi connectivity index (χ1v) is 11.3. The van der Waals surface area contributed by atoms with Crippen LogP contribution in [-0.2, 0) is 16.6 Å². The van der Waals surface area contributed by atoms with Crippen molar-refractivity contribution in [2.45, 2.75) is 31.2 Å². The van der Waals surface area contributed by atoms with E-state index in [1.165, 1.54) is 12.1 Å². The second-order valence-corrected chi connectivity index (χ2v) is 8.88. The molecule has 0 fully saturated rings. The van der Waals surface area contributed by atoms with Crippen LogP contribution < -0.4 is 20.1 Å². The summed E-state index contributed by atoms with van der Waals surface area (Å²) >= 11 is 1.14. The van der Waals surface area contributed by atoms with Crippen LogP contribution in [-0.4, -0.2) is 40.6 Å². The van der Waals surface area contributed by atoms with E-state index in [0.29, 0.717) is 24.6 Å². The first kappa shape index (κ1) is 26.5. The van der Waals surface area contributed by atoms with Gasteiger partial charge in [0.1, 0.15) is 9.96 Å². The Morgan fingerprint density at radius 2 is 2.00 bits per heavy atom. The van der Waals surface area contributed by atoms with Crippen molar-refractivity contribution in [3.63, 3.8) is 0 Å². The number of sulfonamides is 1. The second-order valence-electron chi connectivity index (χ2n) is 5.94. The average Bonchev–Trinajstić information content (AvgIpc) is 3.20. The average molecular weight is 574 g/mol. The third-order valence-corrected chi connectivity index (χ3v) is 6.51. The smallest absolute Gasteiger partial charge is 0.387 e. The van der Waals surface area contributed by atoms with Crippen LogP contribution >= 0.6 is 35.3 Å². The van der Waals surface area contributed by atoms with Crippen LogP contribution in [0.5, 0.6) is 5.75 Å². The number of hydrogen-bond acceptors (Lipinski definition) is 5. The molecule has 1 heterocycles. The maximum atomic E-state index is 12.6. The molecule has 2 rings (SSSR count). The van der Waals surface area contributed by atoms with Crippen molar-refractivity contribution in [1.29, 1.82) is 0 Å². The van der Waals surface area contributed by atoms with Crippen molar-refractivity contribution in [1.82, 2.24) is 15.4 Å². The lowest BCUT2D eigenvalue weighted by Crippen LogP contribution is -2.41. The zero-order chi connectivity index (χ0) is 21.3. The minimum atomic E-state index is -3.52. The number of rotatable bonds is 10. The quantitative estimate of drug-likeness (QED) is 0.175. The van der Waals surface area contributed by atoms with Gasteiger partial charge in [-0.05, 0) is 31.4 Å². The highest BCUT2D eigenvalue weighted by Crippen LogP contribution is 2.23. The molecule has 168 valence electrons. The minimum absolute atomic E-state index is 0. The maximum Gasteiger partial charge on any atom is 0.387 e. The van der Waals surface area contributed by atoms with Gasteiger partial charge in [0.05, 0.1) is 6.54 Å². The Labute approximate surface area is 196 Å². The van der Waals surface area contributed by atoms with E-state index in [2.05, 4.69) is 25.1 Å². The molecule has 0 amide bonds. The number of alkyl halides is 2. The Morgan fingerprint density at radius 3 is 2.63 bits per heavy atom. The van der Waals surface area contributed by atoms with Crippen molar-refractivity contribution >= 4 is 51.3 Å². The fourth-order valence-electron chi connectivity index (χ4n) is 2.40. The zero-order valence-corrected chi connectivity index (χ0v) is 20.5. The van der Waals surface area contributed by atoms with Gasteiger partial charge in [-0.15, -0.1) is 35.3 Å². The van der Waals surface area contributed by atoms with Crippen molar-refractivity contribution in [3.05, 3.63) is 46.8 Å². The number of nitrogens with zero attached hydrogens (tertiary/aromatic N) is 1. The largest absolute Gasteiger partial charge is 0.434 e. The summed E-state index contributed by atoms with van der Waals surface area (Å²) < 4.78 is 56.6. The van der Waals surface area contributed by atoms with Gasteiger partial charge in [-0.3, -0.25) is 0 Å². The molecule has 3 N–H and O–H groups in total. The molecule has 0 aliphatic heterocycles. The lowest BCUT2D eigenvalue weighted by atomic mass is 10.1. The molecule has 0 saturated carbocycles. The highest BCUT2D eigenvalue weighted by atomic mass is 127. The second kappa shape index (κ2) is 13.0. The van der Waals surface area contributed by atoms with Crippen molar-refractivity contribution < 1.29 is 21.9 Å². The Morgan fingerprint density at radius 1 is 1.23 bits per heavy atom. The molecule has 0 saturated heterocycles. The molecule has 0 aliphatic carbocycles. The van der Waals surface area contributed by atoms with Crippen LogP contribution in [0, 0.1) is 6.92 Å². The highest BCUT2D eigenvalue weighted by molar-refractivity contribution is 14.0. The lowest BCUT2D eigenvalue weighted by molar-refractivity contribution is -0.0504. The SMILES string of the molecule is CCNC(=NCc1cc(C)ccc1OC(F)F)NCCNS(=O)(=O)c1cccs1.I. The Kier molecular flexibility index (Phi) is 11.5. The Hall–Kier alpha value is -1.51. The number of guanidine groups is 1. The molecular formula is C18H25F2IN4O3S2. The summed E-state index contributed by atoms with van der Waals surface area (Å²) in [5.41, 5.74) is 1.43. The van der Waals surface area contributed by atoms with Gasteiger partial charge in [0.15, 0.2) is 5.96 Å². The molecule has 0 radical (unpaired) electrons. The van der Waals surface area contributed by atoms with Crippen LogP contribution in [0.4, 0.5) is 8.78 Å². The van der Waals surface area contributed by atoms with E-state index in [0.717, 1.165) is 16.9 Å². The first-order valence-electron chi connectivity index (χ1n) is 8.91. The van der Waals surface area contributed by atoms with Gasteiger partial charge in [-0.2, -0.15) is 8.78 Å². The number of benzene rings is 1. The molecule has 0 bridgehead atoms. The fraction of sp³-hybridized carbons (Fsp3) is 0.389. The fourth-order valence-corrected chi connectivity index (χ4v) is 4.47. The molecule has 1 aromatic heterocycles. The Balaban J connectivity index is 0.00000450. The standard InChI is InChI=1S/C18H24F2N4O3S2.HI/c1-3-21-18(22-8-9-24-29(25,26)16-5-4-10-28-16)23-12-14-11-13(2)6-7-15(14)27-17(19)20;/h4-7,10-11,17,24H,3,8-9,12H2,1-2H3,(H2,21,22,23);1H. The molecule has 1 aromatic carbocycles. The molecule has 12 heteroatoms. The molecule has 7 nitrogen and oxygen atoms in total. The van der Waals surface area contributed by atoms with Crippen LogP contribution in [0.25, 0.3) is 0 Å². The molecular weight excluding hydrogens is 549 g/mol. The summed E-state index contributed by atoms with van der Waals surface area (Å²) in [6.45, 7) is 1.99. The first-order chi connectivity index (χ1) is 13.8. The number of aliphatic imine (C=N–C) groups is 1. The number of ether oxygens (including phenoxy) is 1. The number of thiophene rings is 1. The van der Waals surface area contributed by atoms with E-state index in [9.17, 15) is 17.2 Å². The summed E-state index contributed by atoms with van der Waals surface area (Å²) in [6, 6.07) is 8.12. The molecule has 0 unspecified atom stereocenters. The van der Waals surface area contributed by atoms with E-state index < -0.39 is 16.6 Å². The van der Waals surface area contributed by atoms with Crippen LogP contribution in [0.3, 0.4) is 0 Å². The van der Waals surface area contributed by atoms with Gasteiger partial charge in [0.25, 0.3) is 0 Å². The number of aryl methyl sites for hydroxylation is 1. The van der Waals surface area contributed by atoms with Gasteiger partial charge < -0.3 is 15.4 Å².